The van der Waals surface area contributed by atoms with Crippen LogP contribution in [0.5, 0.6) is 0 Å². The first-order valence-corrected chi connectivity index (χ1v) is 4.67. The molecule has 0 aliphatic rings. The molecule has 0 radical (unpaired) electrons. The molecule has 0 fully saturated rings. The van der Waals surface area contributed by atoms with Gasteiger partial charge in [0, 0.05) is 0 Å². The zero-order valence-corrected chi connectivity index (χ0v) is 8.72. The molecule has 2 aromatic rings. The van der Waals surface area contributed by atoms with E-state index >= 15 is 0 Å². The predicted octanol–water partition coefficient (Wildman–Crippen LogP) is 1.92. The van der Waals surface area contributed by atoms with Crippen molar-refractivity contribution in [2.24, 2.45) is 0 Å². The van der Waals surface area contributed by atoms with Crippen molar-refractivity contribution in [2.75, 3.05) is 5.73 Å². The van der Waals surface area contributed by atoms with Crippen molar-refractivity contribution in [2.45, 2.75) is 0 Å². The van der Waals surface area contributed by atoms with Crippen LogP contribution in [0.15, 0.2) is 28.9 Å². The second kappa shape index (κ2) is 3.33. The summed E-state index contributed by atoms with van der Waals surface area (Å²) in [6, 6.07) is 5.45. The molecule has 4 nitrogen and oxygen atoms in total. The lowest BCUT2D eigenvalue weighted by atomic mass is 10.3. The number of anilines is 1. The minimum atomic E-state index is 0.262. The number of aromatic nitrogens is 2. The van der Waals surface area contributed by atoms with Crippen LogP contribution in [0.4, 0.5) is 5.95 Å². The second-order valence-corrected chi connectivity index (χ2v) is 3.52. The summed E-state index contributed by atoms with van der Waals surface area (Å²) in [6.45, 7) is 0. The number of hydrogen-bond acceptors (Lipinski definition) is 4. The highest BCUT2D eigenvalue weighted by Gasteiger charge is 2.04. The Morgan fingerprint density at radius 3 is 2.85 bits per heavy atom. The first-order valence-electron chi connectivity index (χ1n) is 3.59. The van der Waals surface area contributed by atoms with Crippen LogP contribution in [-0.4, -0.2) is 9.97 Å². The van der Waals surface area contributed by atoms with Crippen LogP contribution in [0.2, 0.25) is 0 Å². The number of nitrogens with two attached hydrogens (primary N) is 1. The zero-order chi connectivity index (χ0) is 9.26. The van der Waals surface area contributed by atoms with Crippen LogP contribution >= 0.6 is 22.6 Å². The smallest absolute Gasteiger partial charge is 0.221 e. The highest BCUT2D eigenvalue weighted by atomic mass is 127. The Morgan fingerprint density at radius 2 is 2.23 bits per heavy atom. The molecule has 0 spiro atoms. The van der Waals surface area contributed by atoms with Gasteiger partial charge in [0.1, 0.15) is 9.39 Å². The minimum Gasteiger partial charge on any atom is -0.463 e. The van der Waals surface area contributed by atoms with Crippen LogP contribution in [0, 0.1) is 3.70 Å². The van der Waals surface area contributed by atoms with Crippen molar-refractivity contribution in [3.8, 4) is 11.5 Å². The van der Waals surface area contributed by atoms with Gasteiger partial charge in [-0.2, -0.15) is 0 Å². The van der Waals surface area contributed by atoms with Gasteiger partial charge >= 0.3 is 0 Å². The molecule has 2 N–H and O–H groups in total. The van der Waals surface area contributed by atoms with Crippen LogP contribution in [-0.2, 0) is 0 Å². The van der Waals surface area contributed by atoms with Gasteiger partial charge in [0.2, 0.25) is 5.95 Å². The van der Waals surface area contributed by atoms with Gasteiger partial charge in [0.05, 0.1) is 6.26 Å². The SMILES string of the molecule is Nc1nc(I)cc(-c2ccco2)n1. The van der Waals surface area contributed by atoms with E-state index in [0.717, 1.165) is 3.70 Å². The number of furan rings is 1. The van der Waals surface area contributed by atoms with Crippen LogP contribution in [0.1, 0.15) is 0 Å². The van der Waals surface area contributed by atoms with E-state index in [2.05, 4.69) is 32.6 Å². The number of hydrogen-bond donors (Lipinski definition) is 1. The fraction of sp³-hybridized carbons (Fsp3) is 0. The van der Waals surface area contributed by atoms with E-state index in [0.29, 0.717) is 11.5 Å². The molecule has 0 atom stereocenters. The molecule has 0 saturated heterocycles. The zero-order valence-electron chi connectivity index (χ0n) is 6.57. The van der Waals surface area contributed by atoms with Crippen molar-refractivity contribution in [3.63, 3.8) is 0 Å². The molecule has 0 aliphatic heterocycles. The Labute approximate surface area is 88.3 Å². The standard InChI is InChI=1S/C8H6IN3O/c9-7-4-5(11-8(10)12-7)6-2-1-3-13-6/h1-4H,(H2,10,11,12). The number of nitrogens with zero attached hydrogens (tertiary/aromatic N) is 2. The van der Waals surface area contributed by atoms with Crippen LogP contribution in [0.25, 0.3) is 11.5 Å². The summed E-state index contributed by atoms with van der Waals surface area (Å²) in [5.41, 5.74) is 6.21. The van der Waals surface area contributed by atoms with Crippen LogP contribution in [0.3, 0.4) is 0 Å². The van der Waals surface area contributed by atoms with Gasteiger partial charge in [0.15, 0.2) is 5.76 Å². The number of halogens is 1. The molecule has 0 aliphatic carbocycles. The summed E-state index contributed by atoms with van der Waals surface area (Å²) < 4.78 is 5.98. The largest absolute Gasteiger partial charge is 0.463 e. The van der Waals surface area contributed by atoms with E-state index in [1.165, 1.54) is 0 Å². The summed E-state index contributed by atoms with van der Waals surface area (Å²) in [7, 11) is 0. The Morgan fingerprint density at radius 1 is 1.38 bits per heavy atom. The third kappa shape index (κ3) is 1.80. The van der Waals surface area contributed by atoms with E-state index in [9.17, 15) is 0 Å². The van der Waals surface area contributed by atoms with Crippen molar-refractivity contribution >= 4 is 28.5 Å². The van der Waals surface area contributed by atoms with Gasteiger partial charge in [-0.1, -0.05) is 0 Å². The minimum absolute atomic E-state index is 0.262. The van der Waals surface area contributed by atoms with Gasteiger partial charge in [-0.05, 0) is 40.8 Å². The molecule has 0 aromatic carbocycles. The van der Waals surface area contributed by atoms with Gasteiger partial charge in [-0.3, -0.25) is 0 Å². The van der Waals surface area contributed by atoms with Crippen molar-refractivity contribution < 1.29 is 4.42 Å². The molecular formula is C8H6IN3O. The maximum absolute atomic E-state index is 5.50. The summed E-state index contributed by atoms with van der Waals surface area (Å²) in [6.07, 6.45) is 1.60. The molecule has 0 saturated carbocycles. The summed E-state index contributed by atoms with van der Waals surface area (Å²) in [5, 5.41) is 0. The summed E-state index contributed by atoms with van der Waals surface area (Å²) >= 11 is 2.08. The van der Waals surface area contributed by atoms with E-state index in [1.807, 2.05) is 12.1 Å². The quantitative estimate of drug-likeness (QED) is 0.643. The van der Waals surface area contributed by atoms with Gasteiger partial charge in [0.25, 0.3) is 0 Å². The third-order valence-corrected chi connectivity index (χ3v) is 2.04. The number of rotatable bonds is 1. The molecule has 66 valence electrons. The van der Waals surface area contributed by atoms with Gasteiger partial charge < -0.3 is 10.2 Å². The van der Waals surface area contributed by atoms with Gasteiger partial charge in [-0.25, -0.2) is 9.97 Å². The van der Waals surface area contributed by atoms with E-state index in [4.69, 9.17) is 10.2 Å². The Kier molecular flexibility index (Phi) is 2.17. The highest BCUT2D eigenvalue weighted by molar-refractivity contribution is 14.1. The molecule has 13 heavy (non-hydrogen) atoms. The fourth-order valence-corrected chi connectivity index (χ4v) is 1.53. The van der Waals surface area contributed by atoms with Crippen molar-refractivity contribution in [3.05, 3.63) is 28.2 Å². The number of nitrogen functional groups attached to an aromatic ring is 1. The monoisotopic (exact) mass is 287 g/mol. The van der Waals surface area contributed by atoms with Crippen molar-refractivity contribution in [1.82, 2.24) is 9.97 Å². The average Bonchev–Trinajstić information content (AvgIpc) is 2.53. The summed E-state index contributed by atoms with van der Waals surface area (Å²) in [4.78, 5) is 8.00. The van der Waals surface area contributed by atoms with E-state index in [-0.39, 0.29) is 5.95 Å². The summed E-state index contributed by atoms with van der Waals surface area (Å²) in [5.74, 6) is 0.963. The molecular weight excluding hydrogens is 281 g/mol. The van der Waals surface area contributed by atoms with E-state index < -0.39 is 0 Å². The topological polar surface area (TPSA) is 64.9 Å². The second-order valence-electron chi connectivity index (χ2n) is 2.41. The lowest BCUT2D eigenvalue weighted by Crippen LogP contribution is -1.97. The maximum atomic E-state index is 5.50. The lowest BCUT2D eigenvalue weighted by molar-refractivity contribution is 0.580. The average molecular weight is 287 g/mol. The highest BCUT2D eigenvalue weighted by Crippen LogP contribution is 2.19. The molecule has 2 heterocycles. The predicted molar refractivity (Wildman–Crippen MR) is 56.9 cm³/mol. The molecule has 0 amide bonds. The molecule has 5 heteroatoms. The fourth-order valence-electron chi connectivity index (χ4n) is 0.986. The normalized spacial score (nSPS) is 10.2. The molecule has 2 aromatic heterocycles. The maximum Gasteiger partial charge on any atom is 0.221 e. The Hall–Kier alpha value is -1.11. The lowest BCUT2D eigenvalue weighted by Gasteiger charge is -1.98. The molecule has 0 bridgehead atoms. The van der Waals surface area contributed by atoms with Crippen molar-refractivity contribution in [1.29, 1.82) is 0 Å². The van der Waals surface area contributed by atoms with Gasteiger partial charge in [-0.15, -0.1) is 0 Å². The molecule has 0 unspecified atom stereocenters. The molecule has 2 rings (SSSR count). The Bertz CT molecular complexity index is 393. The Balaban J connectivity index is 2.53. The van der Waals surface area contributed by atoms with E-state index in [1.54, 1.807) is 12.3 Å². The van der Waals surface area contributed by atoms with Crippen LogP contribution < -0.4 is 5.73 Å². The first-order chi connectivity index (χ1) is 6.25. The first kappa shape index (κ1) is 8.49. The third-order valence-electron chi connectivity index (χ3n) is 1.49.